The third kappa shape index (κ3) is 4.07. The summed E-state index contributed by atoms with van der Waals surface area (Å²) < 4.78 is 11.3. The van der Waals surface area contributed by atoms with Crippen molar-refractivity contribution in [3.63, 3.8) is 0 Å². The largest absolute Gasteiger partial charge is 0.457 e. The molecule has 1 aromatic heterocycles. The maximum Gasteiger partial charge on any atom is 0.253 e. The molecule has 0 bridgehead atoms. The van der Waals surface area contributed by atoms with Gasteiger partial charge in [0.25, 0.3) is 5.91 Å². The summed E-state index contributed by atoms with van der Waals surface area (Å²) >= 11 is 0. The van der Waals surface area contributed by atoms with Crippen molar-refractivity contribution in [3.05, 3.63) is 54.4 Å². The van der Waals surface area contributed by atoms with E-state index < -0.39 is 0 Å². The average Bonchev–Trinajstić information content (AvgIpc) is 3.08. The third-order valence-electron chi connectivity index (χ3n) is 3.81. The molecule has 2 aromatic rings. The second kappa shape index (κ2) is 7.24. The van der Waals surface area contributed by atoms with E-state index in [0.29, 0.717) is 23.6 Å². The number of hydrogen-bond donors (Lipinski definition) is 0. The zero-order valence-electron chi connectivity index (χ0n) is 13.1. The van der Waals surface area contributed by atoms with Crippen molar-refractivity contribution in [2.24, 2.45) is 0 Å². The SMILES string of the molecule is CN(C[C@@H]1CCCO1)C(=O)c1cccc(Oc2ccncc2)c1. The first-order valence-corrected chi connectivity index (χ1v) is 7.77. The predicted molar refractivity (Wildman–Crippen MR) is 86.7 cm³/mol. The summed E-state index contributed by atoms with van der Waals surface area (Å²) in [5.74, 6) is 1.30. The van der Waals surface area contributed by atoms with Crippen molar-refractivity contribution in [2.45, 2.75) is 18.9 Å². The first kappa shape index (κ1) is 15.5. The molecule has 0 unspecified atom stereocenters. The van der Waals surface area contributed by atoms with E-state index >= 15 is 0 Å². The number of benzene rings is 1. The zero-order chi connectivity index (χ0) is 16.1. The van der Waals surface area contributed by atoms with Crippen molar-refractivity contribution in [1.82, 2.24) is 9.88 Å². The number of likely N-dealkylation sites (N-methyl/N-ethyl adjacent to an activating group) is 1. The molecular weight excluding hydrogens is 292 g/mol. The molecule has 0 saturated carbocycles. The molecule has 120 valence electrons. The van der Waals surface area contributed by atoms with Gasteiger partial charge in [0.15, 0.2) is 0 Å². The lowest BCUT2D eigenvalue weighted by atomic mass is 10.1. The van der Waals surface area contributed by atoms with Crippen LogP contribution in [0.2, 0.25) is 0 Å². The fraction of sp³-hybridized carbons (Fsp3) is 0.333. The van der Waals surface area contributed by atoms with Crippen LogP contribution in [-0.4, -0.2) is 42.1 Å². The molecule has 2 heterocycles. The number of aromatic nitrogens is 1. The van der Waals surface area contributed by atoms with Crippen LogP contribution in [0.15, 0.2) is 48.8 Å². The van der Waals surface area contributed by atoms with E-state index in [2.05, 4.69) is 4.98 Å². The fourth-order valence-electron chi connectivity index (χ4n) is 2.63. The Kier molecular flexibility index (Phi) is 4.88. The second-order valence-electron chi connectivity index (χ2n) is 5.63. The molecule has 5 nitrogen and oxygen atoms in total. The van der Waals surface area contributed by atoms with E-state index in [1.54, 1.807) is 48.6 Å². The second-order valence-corrected chi connectivity index (χ2v) is 5.63. The highest BCUT2D eigenvalue weighted by molar-refractivity contribution is 5.94. The van der Waals surface area contributed by atoms with Gasteiger partial charge in [-0.05, 0) is 43.2 Å². The van der Waals surface area contributed by atoms with Crippen LogP contribution in [0, 0.1) is 0 Å². The topological polar surface area (TPSA) is 51.7 Å². The van der Waals surface area contributed by atoms with Gasteiger partial charge >= 0.3 is 0 Å². The molecule has 1 amide bonds. The lowest BCUT2D eigenvalue weighted by molar-refractivity contribution is 0.0587. The fourth-order valence-corrected chi connectivity index (χ4v) is 2.63. The van der Waals surface area contributed by atoms with Gasteiger partial charge in [0.05, 0.1) is 6.10 Å². The molecule has 0 aliphatic carbocycles. The normalized spacial score (nSPS) is 17.0. The minimum atomic E-state index is -0.0271. The first-order valence-electron chi connectivity index (χ1n) is 7.77. The summed E-state index contributed by atoms with van der Waals surface area (Å²) in [7, 11) is 1.81. The summed E-state index contributed by atoms with van der Waals surface area (Å²) in [6.07, 6.45) is 5.57. The highest BCUT2D eigenvalue weighted by Gasteiger charge is 2.21. The van der Waals surface area contributed by atoms with Gasteiger partial charge in [0, 0.05) is 38.2 Å². The molecule has 0 N–H and O–H groups in total. The van der Waals surface area contributed by atoms with Gasteiger partial charge in [0.1, 0.15) is 11.5 Å². The Balaban J connectivity index is 1.67. The Morgan fingerprint density at radius 1 is 1.30 bits per heavy atom. The smallest absolute Gasteiger partial charge is 0.253 e. The van der Waals surface area contributed by atoms with Gasteiger partial charge in [-0.25, -0.2) is 0 Å². The highest BCUT2D eigenvalue weighted by atomic mass is 16.5. The molecule has 1 atom stereocenters. The molecule has 1 aliphatic rings. The van der Waals surface area contributed by atoms with E-state index in [1.807, 2.05) is 12.1 Å². The Labute approximate surface area is 135 Å². The monoisotopic (exact) mass is 312 g/mol. The van der Waals surface area contributed by atoms with Crippen LogP contribution >= 0.6 is 0 Å². The highest BCUT2D eigenvalue weighted by Crippen LogP contribution is 2.22. The van der Waals surface area contributed by atoms with Crippen molar-refractivity contribution >= 4 is 5.91 Å². The Hall–Kier alpha value is -2.40. The number of ether oxygens (including phenoxy) is 2. The molecule has 0 spiro atoms. The summed E-state index contributed by atoms with van der Waals surface area (Å²) in [4.78, 5) is 18.2. The quantitative estimate of drug-likeness (QED) is 0.851. The molecular formula is C18H20N2O3. The van der Waals surface area contributed by atoms with E-state index in [0.717, 1.165) is 19.4 Å². The van der Waals surface area contributed by atoms with Gasteiger partial charge in [0.2, 0.25) is 0 Å². The lowest BCUT2D eigenvalue weighted by Gasteiger charge is -2.21. The Morgan fingerprint density at radius 2 is 2.13 bits per heavy atom. The minimum Gasteiger partial charge on any atom is -0.457 e. The number of carbonyl (C=O) groups is 1. The van der Waals surface area contributed by atoms with Crippen LogP contribution in [0.4, 0.5) is 0 Å². The van der Waals surface area contributed by atoms with Crippen LogP contribution in [0.1, 0.15) is 23.2 Å². The summed E-state index contributed by atoms with van der Waals surface area (Å²) in [5, 5.41) is 0. The third-order valence-corrected chi connectivity index (χ3v) is 3.81. The minimum absolute atomic E-state index is 0.0271. The maximum absolute atomic E-state index is 12.5. The maximum atomic E-state index is 12.5. The zero-order valence-corrected chi connectivity index (χ0v) is 13.1. The van der Waals surface area contributed by atoms with Crippen LogP contribution in [0.5, 0.6) is 11.5 Å². The van der Waals surface area contributed by atoms with Gasteiger partial charge < -0.3 is 14.4 Å². The standard InChI is InChI=1S/C18H20N2O3/c1-20(13-17-6-3-11-22-17)18(21)14-4-2-5-16(12-14)23-15-7-9-19-10-8-15/h2,4-5,7-10,12,17H,3,6,11,13H2,1H3/t17-/m0/s1. The molecule has 1 aromatic carbocycles. The number of amides is 1. The molecule has 5 heteroatoms. The number of hydrogen-bond acceptors (Lipinski definition) is 4. The molecule has 23 heavy (non-hydrogen) atoms. The first-order chi connectivity index (χ1) is 11.2. The summed E-state index contributed by atoms with van der Waals surface area (Å²) in [6.45, 7) is 1.41. The average molecular weight is 312 g/mol. The van der Waals surface area contributed by atoms with E-state index in [-0.39, 0.29) is 12.0 Å². The summed E-state index contributed by atoms with van der Waals surface area (Å²) in [6, 6.07) is 10.8. The number of rotatable bonds is 5. The van der Waals surface area contributed by atoms with Crippen molar-refractivity contribution < 1.29 is 14.3 Å². The van der Waals surface area contributed by atoms with Gasteiger partial charge in [-0.3, -0.25) is 9.78 Å². The molecule has 1 saturated heterocycles. The molecule has 0 radical (unpaired) electrons. The van der Waals surface area contributed by atoms with Crippen molar-refractivity contribution in [3.8, 4) is 11.5 Å². The number of nitrogens with zero attached hydrogens (tertiary/aromatic N) is 2. The Bertz CT molecular complexity index is 654. The number of carbonyl (C=O) groups excluding carboxylic acids is 1. The van der Waals surface area contributed by atoms with Crippen molar-refractivity contribution in [1.29, 1.82) is 0 Å². The molecule has 3 rings (SSSR count). The van der Waals surface area contributed by atoms with Crippen LogP contribution < -0.4 is 4.74 Å². The Morgan fingerprint density at radius 3 is 2.87 bits per heavy atom. The lowest BCUT2D eigenvalue weighted by Crippen LogP contribution is -2.34. The molecule has 1 fully saturated rings. The number of pyridine rings is 1. The van der Waals surface area contributed by atoms with Crippen LogP contribution in [0.25, 0.3) is 0 Å². The van der Waals surface area contributed by atoms with Crippen LogP contribution in [-0.2, 0) is 4.74 Å². The van der Waals surface area contributed by atoms with Gasteiger partial charge in [-0.1, -0.05) is 6.07 Å². The van der Waals surface area contributed by atoms with Crippen molar-refractivity contribution in [2.75, 3.05) is 20.2 Å². The van der Waals surface area contributed by atoms with Gasteiger partial charge in [-0.15, -0.1) is 0 Å². The predicted octanol–water partition coefficient (Wildman–Crippen LogP) is 3.12. The molecule has 1 aliphatic heterocycles. The van der Waals surface area contributed by atoms with Gasteiger partial charge in [-0.2, -0.15) is 0 Å². The van der Waals surface area contributed by atoms with E-state index in [1.165, 1.54) is 0 Å². The van der Waals surface area contributed by atoms with E-state index in [4.69, 9.17) is 9.47 Å². The summed E-state index contributed by atoms with van der Waals surface area (Å²) in [5.41, 5.74) is 0.608. The van der Waals surface area contributed by atoms with Crippen LogP contribution in [0.3, 0.4) is 0 Å². The van der Waals surface area contributed by atoms with E-state index in [9.17, 15) is 4.79 Å².